The van der Waals surface area contributed by atoms with Crippen molar-refractivity contribution in [1.82, 2.24) is 5.43 Å². The van der Waals surface area contributed by atoms with Gasteiger partial charge in [-0.2, -0.15) is 5.10 Å². The van der Waals surface area contributed by atoms with E-state index in [4.69, 9.17) is 16.3 Å². The number of aryl methyl sites for hydroxylation is 1. The third-order valence-corrected chi connectivity index (χ3v) is 6.01. The van der Waals surface area contributed by atoms with Crippen LogP contribution in [0, 0.1) is 6.92 Å². The first-order chi connectivity index (χ1) is 15.7. The van der Waals surface area contributed by atoms with E-state index < -0.39 is 22.5 Å². The summed E-state index contributed by atoms with van der Waals surface area (Å²) in [4.78, 5) is 12.3. The van der Waals surface area contributed by atoms with Crippen molar-refractivity contribution in [1.29, 1.82) is 0 Å². The second-order valence-corrected chi connectivity index (χ2v) is 9.68. The van der Waals surface area contributed by atoms with Gasteiger partial charge in [-0.25, -0.2) is 13.8 Å². The van der Waals surface area contributed by atoms with E-state index in [1.54, 1.807) is 49.4 Å². The largest absolute Gasteiger partial charge is 0.489 e. The molecule has 0 atom stereocenters. The van der Waals surface area contributed by atoms with E-state index >= 15 is 0 Å². The van der Waals surface area contributed by atoms with Crippen molar-refractivity contribution >= 4 is 39.4 Å². The molecule has 1 N–H and O–H groups in total. The highest BCUT2D eigenvalue weighted by Gasteiger charge is 2.22. The molecular weight excluding hydrogens is 462 g/mol. The molecule has 0 radical (unpaired) electrons. The van der Waals surface area contributed by atoms with E-state index in [1.807, 2.05) is 30.3 Å². The number of amides is 1. The summed E-state index contributed by atoms with van der Waals surface area (Å²) in [6, 6.07) is 21.8. The first-order valence-electron chi connectivity index (χ1n) is 10.0. The summed E-state index contributed by atoms with van der Waals surface area (Å²) < 4.78 is 31.2. The second kappa shape index (κ2) is 11.0. The maximum Gasteiger partial charge on any atom is 0.260 e. The van der Waals surface area contributed by atoms with Crippen LogP contribution in [0.1, 0.15) is 16.7 Å². The molecule has 3 aromatic rings. The Balaban J connectivity index is 1.57. The Morgan fingerprint density at radius 2 is 1.79 bits per heavy atom. The molecule has 1 amide bonds. The van der Waals surface area contributed by atoms with Crippen LogP contribution in [0.4, 0.5) is 5.69 Å². The van der Waals surface area contributed by atoms with Gasteiger partial charge in [-0.15, -0.1) is 0 Å². The lowest BCUT2D eigenvalue weighted by molar-refractivity contribution is -0.119. The second-order valence-electron chi connectivity index (χ2n) is 7.34. The summed E-state index contributed by atoms with van der Waals surface area (Å²) in [5.74, 6) is 0.135. The Labute approximate surface area is 198 Å². The number of benzene rings is 3. The van der Waals surface area contributed by atoms with Crippen molar-refractivity contribution in [2.24, 2.45) is 5.10 Å². The summed E-state index contributed by atoms with van der Waals surface area (Å²) >= 11 is 5.95. The number of carbonyl (C=O) groups excluding carboxylic acids is 1. The van der Waals surface area contributed by atoms with E-state index in [1.165, 1.54) is 6.21 Å². The van der Waals surface area contributed by atoms with Gasteiger partial charge in [0.2, 0.25) is 10.0 Å². The lowest BCUT2D eigenvalue weighted by atomic mass is 10.2. The lowest BCUT2D eigenvalue weighted by Crippen LogP contribution is -2.39. The number of hydrogen-bond donors (Lipinski definition) is 1. The van der Waals surface area contributed by atoms with Crippen LogP contribution in [-0.2, 0) is 21.4 Å². The number of hydrogen-bond acceptors (Lipinski definition) is 5. The standard InChI is InChI=1S/C24H24ClN3O4S/c1-18-14-21(25)10-13-23(18)28(33(2,30)31)16-24(29)27-26-15-19-8-11-22(12-9-19)32-17-20-6-4-3-5-7-20/h3-15H,16-17H2,1-2H3,(H,27,29)/b26-15-. The summed E-state index contributed by atoms with van der Waals surface area (Å²) in [6.07, 6.45) is 2.51. The molecule has 0 aromatic heterocycles. The zero-order chi connectivity index (χ0) is 23.8. The molecule has 0 aliphatic heterocycles. The number of rotatable bonds is 9. The number of sulfonamides is 1. The molecule has 3 aromatic carbocycles. The smallest absolute Gasteiger partial charge is 0.260 e. The predicted molar refractivity (Wildman–Crippen MR) is 131 cm³/mol. The molecule has 33 heavy (non-hydrogen) atoms. The van der Waals surface area contributed by atoms with Gasteiger partial charge in [0.25, 0.3) is 5.91 Å². The number of anilines is 1. The number of halogens is 1. The fraction of sp³-hybridized carbons (Fsp3) is 0.167. The molecule has 0 heterocycles. The molecule has 9 heteroatoms. The Morgan fingerprint density at radius 3 is 2.42 bits per heavy atom. The average Bonchev–Trinajstić information content (AvgIpc) is 2.77. The van der Waals surface area contributed by atoms with Gasteiger partial charge in [-0.05, 0) is 66.1 Å². The average molecular weight is 486 g/mol. The molecule has 0 aliphatic rings. The Hall–Kier alpha value is -3.36. The third kappa shape index (κ3) is 7.34. The number of carbonyl (C=O) groups is 1. The van der Waals surface area contributed by atoms with Gasteiger partial charge in [0, 0.05) is 5.02 Å². The number of nitrogens with one attached hydrogen (secondary N) is 1. The van der Waals surface area contributed by atoms with Crippen LogP contribution in [0.3, 0.4) is 0 Å². The summed E-state index contributed by atoms with van der Waals surface area (Å²) in [6.45, 7) is 1.78. The van der Waals surface area contributed by atoms with Crippen LogP contribution < -0.4 is 14.5 Å². The molecule has 0 bridgehead atoms. The quantitative estimate of drug-likeness (QED) is 0.364. The van der Waals surface area contributed by atoms with Gasteiger partial charge in [0.05, 0.1) is 18.2 Å². The monoisotopic (exact) mass is 485 g/mol. The van der Waals surface area contributed by atoms with Crippen molar-refractivity contribution in [2.45, 2.75) is 13.5 Å². The fourth-order valence-corrected chi connectivity index (χ4v) is 4.16. The van der Waals surface area contributed by atoms with Gasteiger partial charge in [-0.3, -0.25) is 9.10 Å². The molecule has 0 fully saturated rings. The zero-order valence-electron chi connectivity index (χ0n) is 18.2. The van der Waals surface area contributed by atoms with E-state index in [9.17, 15) is 13.2 Å². The minimum Gasteiger partial charge on any atom is -0.489 e. The number of ether oxygens (including phenoxy) is 1. The first-order valence-corrected chi connectivity index (χ1v) is 12.3. The highest BCUT2D eigenvalue weighted by molar-refractivity contribution is 7.92. The summed E-state index contributed by atoms with van der Waals surface area (Å²) in [7, 11) is -3.69. The van der Waals surface area contributed by atoms with Gasteiger partial charge >= 0.3 is 0 Å². The SMILES string of the molecule is Cc1cc(Cl)ccc1N(CC(=O)N/N=C\c1ccc(OCc2ccccc2)cc1)S(C)(=O)=O. The Bertz CT molecular complexity index is 1230. The molecular formula is C24H24ClN3O4S. The summed E-state index contributed by atoms with van der Waals surface area (Å²) in [5.41, 5.74) is 5.20. The van der Waals surface area contributed by atoms with Crippen molar-refractivity contribution in [2.75, 3.05) is 17.1 Å². The lowest BCUT2D eigenvalue weighted by Gasteiger charge is -2.23. The van der Waals surface area contributed by atoms with Crippen molar-refractivity contribution < 1.29 is 17.9 Å². The van der Waals surface area contributed by atoms with Crippen LogP contribution in [0.25, 0.3) is 0 Å². The molecule has 0 saturated carbocycles. The topological polar surface area (TPSA) is 88.1 Å². The van der Waals surface area contributed by atoms with Crippen LogP contribution in [0.5, 0.6) is 5.75 Å². The van der Waals surface area contributed by atoms with Gasteiger partial charge < -0.3 is 4.74 Å². The highest BCUT2D eigenvalue weighted by Crippen LogP contribution is 2.25. The van der Waals surface area contributed by atoms with Crippen LogP contribution in [-0.4, -0.2) is 33.3 Å². The van der Waals surface area contributed by atoms with Gasteiger partial charge in [-0.1, -0.05) is 41.9 Å². The zero-order valence-corrected chi connectivity index (χ0v) is 19.8. The first kappa shape index (κ1) is 24.3. The minimum absolute atomic E-state index is 0.382. The van der Waals surface area contributed by atoms with Crippen molar-refractivity contribution in [3.05, 3.63) is 94.5 Å². The molecule has 172 valence electrons. The fourth-order valence-electron chi connectivity index (χ4n) is 3.02. The van der Waals surface area contributed by atoms with E-state index in [-0.39, 0.29) is 0 Å². The van der Waals surface area contributed by atoms with Crippen molar-refractivity contribution in [3.8, 4) is 5.75 Å². The van der Waals surface area contributed by atoms with Gasteiger partial charge in [0.1, 0.15) is 18.9 Å². The molecule has 0 aliphatic carbocycles. The maximum atomic E-state index is 12.3. The van der Waals surface area contributed by atoms with E-state index in [0.29, 0.717) is 28.6 Å². The molecule has 7 nitrogen and oxygen atoms in total. The number of nitrogens with zero attached hydrogens (tertiary/aromatic N) is 2. The maximum absolute atomic E-state index is 12.3. The minimum atomic E-state index is -3.69. The Kier molecular flexibility index (Phi) is 8.08. The predicted octanol–water partition coefficient (Wildman–Crippen LogP) is 4.14. The molecule has 3 rings (SSSR count). The third-order valence-electron chi connectivity index (χ3n) is 4.65. The van der Waals surface area contributed by atoms with Crippen molar-refractivity contribution in [3.63, 3.8) is 0 Å². The normalized spacial score (nSPS) is 11.4. The van der Waals surface area contributed by atoms with E-state index in [2.05, 4.69) is 10.5 Å². The molecule has 0 spiro atoms. The van der Waals surface area contributed by atoms with Crippen LogP contribution in [0.2, 0.25) is 5.02 Å². The highest BCUT2D eigenvalue weighted by atomic mass is 35.5. The Morgan fingerprint density at radius 1 is 1.09 bits per heavy atom. The van der Waals surface area contributed by atoms with Gasteiger partial charge in [0.15, 0.2) is 0 Å². The van der Waals surface area contributed by atoms with E-state index in [0.717, 1.165) is 21.7 Å². The molecule has 0 saturated heterocycles. The number of hydrazone groups is 1. The molecule has 0 unspecified atom stereocenters. The summed E-state index contributed by atoms with van der Waals surface area (Å²) in [5, 5.41) is 4.40. The van der Waals surface area contributed by atoms with Crippen LogP contribution >= 0.6 is 11.6 Å². The van der Waals surface area contributed by atoms with Crippen LogP contribution in [0.15, 0.2) is 77.9 Å².